The van der Waals surface area contributed by atoms with Gasteiger partial charge >= 0.3 is 5.97 Å². The van der Waals surface area contributed by atoms with Crippen LogP contribution in [0.15, 0.2) is 0 Å². The van der Waals surface area contributed by atoms with Gasteiger partial charge in [0.15, 0.2) is 0 Å². The SMILES string of the molecule is CC(C)C1CCCN1CC(N)C(=O)O. The van der Waals surface area contributed by atoms with Gasteiger partial charge in [-0.25, -0.2) is 0 Å². The summed E-state index contributed by atoms with van der Waals surface area (Å²) in [6.45, 7) is 5.83. The summed E-state index contributed by atoms with van der Waals surface area (Å²) in [5.74, 6) is -0.321. The van der Waals surface area contributed by atoms with E-state index in [9.17, 15) is 4.79 Å². The number of aliphatic carboxylic acids is 1. The average Bonchev–Trinajstić information content (AvgIpc) is 2.52. The number of hydrogen-bond acceptors (Lipinski definition) is 3. The molecule has 1 fully saturated rings. The van der Waals surface area contributed by atoms with Crippen LogP contribution in [0.1, 0.15) is 26.7 Å². The fourth-order valence-corrected chi connectivity index (χ4v) is 2.16. The molecule has 2 atom stereocenters. The van der Waals surface area contributed by atoms with E-state index in [4.69, 9.17) is 10.8 Å². The molecule has 0 aromatic carbocycles. The Morgan fingerprint density at radius 2 is 2.29 bits per heavy atom. The molecular weight excluding hydrogens is 180 g/mol. The van der Waals surface area contributed by atoms with Crippen LogP contribution in [-0.2, 0) is 4.79 Å². The topological polar surface area (TPSA) is 66.6 Å². The van der Waals surface area contributed by atoms with E-state index in [-0.39, 0.29) is 0 Å². The third-order valence-electron chi connectivity index (χ3n) is 2.93. The second-order valence-corrected chi connectivity index (χ2v) is 4.39. The number of carboxylic acids is 1. The fourth-order valence-electron chi connectivity index (χ4n) is 2.16. The second kappa shape index (κ2) is 4.75. The van der Waals surface area contributed by atoms with Crippen LogP contribution in [0.4, 0.5) is 0 Å². The summed E-state index contributed by atoms with van der Waals surface area (Å²) in [7, 11) is 0. The highest BCUT2D eigenvalue weighted by atomic mass is 16.4. The van der Waals surface area contributed by atoms with Gasteiger partial charge in [0, 0.05) is 12.6 Å². The lowest BCUT2D eigenvalue weighted by molar-refractivity contribution is -0.139. The fraction of sp³-hybridized carbons (Fsp3) is 0.900. The van der Waals surface area contributed by atoms with Crippen molar-refractivity contribution >= 4 is 5.97 Å². The van der Waals surface area contributed by atoms with E-state index in [1.54, 1.807) is 0 Å². The largest absolute Gasteiger partial charge is 0.480 e. The van der Waals surface area contributed by atoms with Crippen LogP contribution >= 0.6 is 0 Å². The number of rotatable bonds is 4. The molecule has 0 amide bonds. The molecule has 0 spiro atoms. The number of nitrogens with zero attached hydrogens (tertiary/aromatic N) is 1. The highest BCUT2D eigenvalue weighted by molar-refractivity contribution is 5.73. The Bertz CT molecular complexity index is 206. The molecule has 3 N–H and O–H groups in total. The molecule has 4 heteroatoms. The van der Waals surface area contributed by atoms with Crippen molar-refractivity contribution in [2.45, 2.75) is 38.8 Å². The Hall–Kier alpha value is -0.610. The van der Waals surface area contributed by atoms with E-state index in [0.29, 0.717) is 18.5 Å². The third-order valence-corrected chi connectivity index (χ3v) is 2.93. The van der Waals surface area contributed by atoms with Crippen molar-refractivity contribution in [2.24, 2.45) is 11.7 Å². The molecule has 0 aromatic heterocycles. The number of likely N-dealkylation sites (tertiary alicyclic amines) is 1. The Morgan fingerprint density at radius 1 is 1.64 bits per heavy atom. The van der Waals surface area contributed by atoms with E-state index >= 15 is 0 Å². The Balaban J connectivity index is 2.47. The van der Waals surface area contributed by atoms with Gasteiger partial charge in [0.2, 0.25) is 0 Å². The standard InChI is InChI=1S/C10H20N2O2/c1-7(2)9-4-3-5-12(9)6-8(11)10(13)14/h7-9H,3-6,11H2,1-2H3,(H,13,14). The lowest BCUT2D eigenvalue weighted by atomic mass is 10.0. The molecule has 1 aliphatic heterocycles. The van der Waals surface area contributed by atoms with Gasteiger partial charge in [0.25, 0.3) is 0 Å². The summed E-state index contributed by atoms with van der Waals surface area (Å²) in [5.41, 5.74) is 5.52. The summed E-state index contributed by atoms with van der Waals surface area (Å²) in [6.07, 6.45) is 2.33. The third kappa shape index (κ3) is 2.69. The van der Waals surface area contributed by atoms with Crippen LogP contribution in [0, 0.1) is 5.92 Å². The molecule has 1 heterocycles. The number of nitrogens with two attached hydrogens (primary N) is 1. The van der Waals surface area contributed by atoms with E-state index in [1.165, 1.54) is 6.42 Å². The first kappa shape index (κ1) is 11.5. The van der Waals surface area contributed by atoms with Crippen molar-refractivity contribution in [3.05, 3.63) is 0 Å². The maximum Gasteiger partial charge on any atom is 0.321 e. The molecule has 0 radical (unpaired) electrons. The zero-order valence-electron chi connectivity index (χ0n) is 8.94. The van der Waals surface area contributed by atoms with Gasteiger partial charge in [-0.15, -0.1) is 0 Å². The number of hydrogen-bond donors (Lipinski definition) is 2. The van der Waals surface area contributed by atoms with Crippen molar-refractivity contribution in [3.63, 3.8) is 0 Å². The minimum Gasteiger partial charge on any atom is -0.480 e. The van der Waals surface area contributed by atoms with Crippen molar-refractivity contribution in [2.75, 3.05) is 13.1 Å². The predicted molar refractivity (Wildman–Crippen MR) is 55.0 cm³/mol. The van der Waals surface area contributed by atoms with Crippen molar-refractivity contribution < 1.29 is 9.90 Å². The summed E-state index contributed by atoms with van der Waals surface area (Å²) in [4.78, 5) is 12.8. The zero-order valence-corrected chi connectivity index (χ0v) is 8.94. The molecular formula is C10H20N2O2. The molecule has 1 rings (SSSR count). The molecule has 1 saturated heterocycles. The van der Waals surface area contributed by atoms with Gasteiger partial charge < -0.3 is 10.8 Å². The van der Waals surface area contributed by atoms with Gasteiger partial charge in [-0.1, -0.05) is 13.8 Å². The highest BCUT2D eigenvalue weighted by Crippen LogP contribution is 2.23. The van der Waals surface area contributed by atoms with E-state index < -0.39 is 12.0 Å². The summed E-state index contributed by atoms with van der Waals surface area (Å²) < 4.78 is 0. The van der Waals surface area contributed by atoms with Crippen molar-refractivity contribution in [1.82, 2.24) is 4.90 Å². The predicted octanol–water partition coefficient (Wildman–Crippen LogP) is 0.519. The van der Waals surface area contributed by atoms with Crippen LogP contribution in [0.5, 0.6) is 0 Å². The highest BCUT2D eigenvalue weighted by Gasteiger charge is 2.29. The summed E-state index contributed by atoms with van der Waals surface area (Å²) >= 11 is 0. The van der Waals surface area contributed by atoms with E-state index in [0.717, 1.165) is 13.0 Å². The lowest BCUT2D eigenvalue weighted by Gasteiger charge is -2.28. The molecule has 82 valence electrons. The average molecular weight is 200 g/mol. The van der Waals surface area contributed by atoms with Crippen LogP contribution in [0.3, 0.4) is 0 Å². The summed E-state index contributed by atoms with van der Waals surface area (Å²) in [6, 6.07) is -0.227. The number of carboxylic acid groups (broad SMARTS) is 1. The summed E-state index contributed by atoms with van der Waals surface area (Å²) in [5, 5.41) is 8.72. The lowest BCUT2D eigenvalue weighted by Crippen LogP contribution is -2.45. The number of carbonyl (C=O) groups is 1. The minimum atomic E-state index is -0.903. The second-order valence-electron chi connectivity index (χ2n) is 4.39. The van der Waals surface area contributed by atoms with Crippen molar-refractivity contribution in [1.29, 1.82) is 0 Å². The molecule has 14 heavy (non-hydrogen) atoms. The molecule has 0 aliphatic carbocycles. The minimum absolute atomic E-state index is 0.484. The van der Waals surface area contributed by atoms with E-state index in [1.807, 2.05) is 0 Å². The first-order chi connectivity index (χ1) is 6.52. The van der Waals surface area contributed by atoms with Gasteiger partial charge in [-0.3, -0.25) is 9.69 Å². The van der Waals surface area contributed by atoms with Gasteiger partial charge in [0.1, 0.15) is 6.04 Å². The van der Waals surface area contributed by atoms with Crippen molar-refractivity contribution in [3.8, 4) is 0 Å². The normalized spacial score (nSPS) is 25.6. The van der Waals surface area contributed by atoms with Crippen LogP contribution < -0.4 is 5.73 Å². The first-order valence-corrected chi connectivity index (χ1v) is 5.24. The molecule has 1 aliphatic rings. The van der Waals surface area contributed by atoms with E-state index in [2.05, 4.69) is 18.7 Å². The van der Waals surface area contributed by atoms with Gasteiger partial charge in [0.05, 0.1) is 0 Å². The molecule has 0 aromatic rings. The molecule has 0 bridgehead atoms. The monoisotopic (exact) mass is 200 g/mol. The zero-order chi connectivity index (χ0) is 10.7. The van der Waals surface area contributed by atoms with Crippen LogP contribution in [0.25, 0.3) is 0 Å². The Kier molecular flexibility index (Phi) is 3.89. The van der Waals surface area contributed by atoms with Gasteiger partial charge in [-0.05, 0) is 25.3 Å². The van der Waals surface area contributed by atoms with Crippen LogP contribution in [-0.4, -0.2) is 41.1 Å². The van der Waals surface area contributed by atoms with Gasteiger partial charge in [-0.2, -0.15) is 0 Å². The maximum atomic E-state index is 10.6. The maximum absolute atomic E-state index is 10.6. The molecule has 4 nitrogen and oxygen atoms in total. The molecule has 0 saturated carbocycles. The Morgan fingerprint density at radius 3 is 2.79 bits per heavy atom. The smallest absolute Gasteiger partial charge is 0.321 e. The first-order valence-electron chi connectivity index (χ1n) is 5.24. The quantitative estimate of drug-likeness (QED) is 0.694. The van der Waals surface area contributed by atoms with Crippen LogP contribution in [0.2, 0.25) is 0 Å². The Labute approximate surface area is 85.1 Å². The molecule has 2 unspecified atom stereocenters.